The lowest BCUT2D eigenvalue weighted by atomic mass is 10.1. The fraction of sp³-hybridized carbons (Fsp3) is 0.0667. The minimum Gasteiger partial charge on any atom is -0.755 e. The topological polar surface area (TPSA) is 161 Å². The molecule has 0 radical (unpaired) electrons. The molecular weight excluding hydrogens is 418 g/mol. The molecule has 0 saturated carbocycles. The molecule has 1 unspecified atom stereocenters. The maximum Gasteiger partial charge on any atom is 0.295 e. The maximum absolute atomic E-state index is 11.6. The first-order valence-corrected chi connectivity index (χ1v) is 11.1. The normalized spacial score (nSPS) is 13.6. The molecule has 2 rings (SSSR count). The summed E-state index contributed by atoms with van der Waals surface area (Å²) >= 11 is -2.70. The molecule has 0 fully saturated rings. The largest absolute Gasteiger partial charge is 0.755 e. The van der Waals surface area contributed by atoms with Gasteiger partial charge in [0.15, 0.2) is 0 Å². The van der Waals surface area contributed by atoms with E-state index in [0.717, 1.165) is 6.07 Å². The summed E-state index contributed by atoms with van der Waals surface area (Å²) in [5, 5.41) is 0. The Kier molecular flexibility index (Phi) is 6.19. The van der Waals surface area contributed by atoms with E-state index in [1.54, 1.807) is 13.0 Å². The van der Waals surface area contributed by atoms with E-state index in [0.29, 0.717) is 5.56 Å². The number of anilines is 1. The van der Waals surface area contributed by atoms with Crippen LogP contribution in [0.3, 0.4) is 0 Å². The lowest BCUT2D eigenvalue weighted by Crippen LogP contribution is -2.06. The van der Waals surface area contributed by atoms with Crippen molar-refractivity contribution in [3.05, 3.63) is 53.1 Å². The van der Waals surface area contributed by atoms with Crippen LogP contribution in [0.25, 0.3) is 12.2 Å². The van der Waals surface area contributed by atoms with Gasteiger partial charge in [0.2, 0.25) is 0 Å². The molecule has 0 aliphatic rings. The lowest BCUT2D eigenvalue weighted by molar-refractivity contribution is 0.480. The van der Waals surface area contributed by atoms with Gasteiger partial charge in [-0.25, -0.2) is 0 Å². The molecule has 0 bridgehead atoms. The Hall–Kier alpha value is -2.09. The standard InChI is InChI=1S/C15H15NO8S3/c1-10-2-3-11(14(8-10)26(19,20)21)4-5-12-6-7-13(16-25(17)18)9-15(12)27(22,23)24/h2-9,16H,1H3,(H,17,18)(H,19,20,21)(H,22,23,24)/p-1. The van der Waals surface area contributed by atoms with Crippen LogP contribution in [0.4, 0.5) is 5.69 Å². The molecule has 12 heteroatoms. The molecule has 3 N–H and O–H groups in total. The molecule has 0 spiro atoms. The molecule has 2 aromatic carbocycles. The first-order chi connectivity index (χ1) is 12.4. The summed E-state index contributed by atoms with van der Waals surface area (Å²) in [6, 6.07) is 7.63. The van der Waals surface area contributed by atoms with Crippen LogP contribution < -0.4 is 4.72 Å². The minimum atomic E-state index is -4.70. The van der Waals surface area contributed by atoms with E-state index in [1.165, 1.54) is 36.4 Å². The van der Waals surface area contributed by atoms with E-state index in [2.05, 4.69) is 0 Å². The van der Waals surface area contributed by atoms with Crippen LogP contribution in [0.5, 0.6) is 0 Å². The second-order valence-corrected chi connectivity index (χ2v) is 8.87. The zero-order valence-corrected chi connectivity index (χ0v) is 16.1. The van der Waals surface area contributed by atoms with Gasteiger partial charge in [-0.05, 0) is 41.8 Å². The Morgan fingerprint density at radius 3 is 1.89 bits per heavy atom. The van der Waals surface area contributed by atoms with Crippen molar-refractivity contribution < 1.29 is 34.7 Å². The predicted octanol–water partition coefficient (Wildman–Crippen LogP) is 1.86. The zero-order chi connectivity index (χ0) is 20.4. The highest BCUT2D eigenvalue weighted by Gasteiger charge is 2.17. The monoisotopic (exact) mass is 432 g/mol. The van der Waals surface area contributed by atoms with E-state index >= 15 is 0 Å². The number of nitrogens with one attached hydrogen (secondary N) is 1. The Morgan fingerprint density at radius 1 is 0.926 bits per heavy atom. The quantitative estimate of drug-likeness (QED) is 0.354. The highest BCUT2D eigenvalue weighted by molar-refractivity contribution is 7.86. The summed E-state index contributed by atoms with van der Waals surface area (Å²) in [7, 11) is -9.22. The van der Waals surface area contributed by atoms with Gasteiger partial charge in [-0.3, -0.25) is 13.3 Å². The second-order valence-electron chi connectivity index (χ2n) is 5.41. The van der Waals surface area contributed by atoms with Gasteiger partial charge in [0, 0.05) is 17.0 Å². The molecule has 27 heavy (non-hydrogen) atoms. The van der Waals surface area contributed by atoms with Gasteiger partial charge in [0.05, 0.1) is 0 Å². The molecule has 0 aromatic heterocycles. The summed E-state index contributed by atoms with van der Waals surface area (Å²) in [5.41, 5.74) is 0.551. The zero-order valence-electron chi connectivity index (χ0n) is 13.7. The van der Waals surface area contributed by atoms with Crippen molar-refractivity contribution in [2.75, 3.05) is 4.72 Å². The van der Waals surface area contributed by atoms with Crippen molar-refractivity contribution in [2.45, 2.75) is 16.7 Å². The number of hydrogen-bond acceptors (Lipinski definition) is 6. The molecule has 0 heterocycles. The summed E-state index contributed by atoms with van der Waals surface area (Å²) in [6.07, 6.45) is 2.45. The SMILES string of the molecule is Cc1ccc(C=Cc2ccc(NS(=O)[O-])cc2S(=O)(=O)O)c(S(=O)(=O)O)c1. The average Bonchev–Trinajstić information content (AvgIpc) is 2.52. The molecule has 0 aliphatic heterocycles. The van der Waals surface area contributed by atoms with Crippen LogP contribution in [0.2, 0.25) is 0 Å². The van der Waals surface area contributed by atoms with Gasteiger partial charge in [0.1, 0.15) is 9.79 Å². The van der Waals surface area contributed by atoms with Gasteiger partial charge < -0.3 is 9.27 Å². The third-order valence-corrected chi connectivity index (χ3v) is 5.60. The summed E-state index contributed by atoms with van der Waals surface area (Å²) < 4.78 is 88.2. The highest BCUT2D eigenvalue weighted by Crippen LogP contribution is 2.25. The van der Waals surface area contributed by atoms with E-state index in [9.17, 15) is 34.7 Å². The van der Waals surface area contributed by atoms with Crippen LogP contribution in [0.15, 0.2) is 46.2 Å². The molecule has 1 atom stereocenters. The minimum absolute atomic E-state index is 0.0263. The summed E-state index contributed by atoms with van der Waals surface area (Å²) in [6.45, 7) is 1.63. The molecule has 0 aliphatic carbocycles. The molecule has 0 saturated heterocycles. The van der Waals surface area contributed by atoms with Crippen molar-refractivity contribution >= 4 is 49.3 Å². The first kappa shape index (κ1) is 21.2. The van der Waals surface area contributed by atoms with E-state index < -0.39 is 36.4 Å². The lowest BCUT2D eigenvalue weighted by Gasteiger charge is -2.11. The van der Waals surface area contributed by atoms with Crippen molar-refractivity contribution in [3.8, 4) is 0 Å². The van der Waals surface area contributed by atoms with Gasteiger partial charge >= 0.3 is 0 Å². The van der Waals surface area contributed by atoms with E-state index in [-0.39, 0.29) is 21.7 Å². The van der Waals surface area contributed by atoms with E-state index in [1.807, 2.05) is 4.72 Å². The number of aryl methyl sites for hydroxylation is 1. The second kappa shape index (κ2) is 7.88. The third kappa shape index (κ3) is 5.69. The van der Waals surface area contributed by atoms with E-state index in [4.69, 9.17) is 0 Å². The van der Waals surface area contributed by atoms with Gasteiger partial charge in [-0.2, -0.15) is 16.8 Å². The fourth-order valence-electron chi connectivity index (χ4n) is 2.24. The van der Waals surface area contributed by atoms with Crippen LogP contribution in [-0.4, -0.2) is 34.7 Å². The Labute approximate surface area is 158 Å². The van der Waals surface area contributed by atoms with Crippen LogP contribution in [0.1, 0.15) is 16.7 Å². The smallest absolute Gasteiger partial charge is 0.295 e. The number of rotatable bonds is 6. The molecular formula is C15H14NO8S3-. The Bertz CT molecular complexity index is 1140. The number of hydrogen-bond donors (Lipinski definition) is 3. The molecule has 146 valence electrons. The van der Waals surface area contributed by atoms with Gasteiger partial charge in [-0.1, -0.05) is 30.4 Å². The summed E-state index contributed by atoms with van der Waals surface area (Å²) in [5.74, 6) is 0. The van der Waals surface area contributed by atoms with Crippen LogP contribution in [0, 0.1) is 6.92 Å². The maximum atomic E-state index is 11.6. The first-order valence-electron chi connectivity index (χ1n) is 7.11. The summed E-state index contributed by atoms with van der Waals surface area (Å²) in [4.78, 5) is -0.957. The van der Waals surface area contributed by atoms with Crippen LogP contribution >= 0.6 is 0 Å². The number of benzene rings is 2. The van der Waals surface area contributed by atoms with Crippen molar-refractivity contribution in [1.29, 1.82) is 0 Å². The highest BCUT2D eigenvalue weighted by atomic mass is 32.2. The van der Waals surface area contributed by atoms with Gasteiger partial charge in [-0.15, -0.1) is 0 Å². The predicted molar refractivity (Wildman–Crippen MR) is 98.7 cm³/mol. The van der Waals surface area contributed by atoms with Crippen molar-refractivity contribution in [1.82, 2.24) is 0 Å². The molecule has 9 nitrogen and oxygen atoms in total. The molecule has 2 aromatic rings. The Morgan fingerprint density at radius 2 is 1.41 bits per heavy atom. The average molecular weight is 432 g/mol. The van der Waals surface area contributed by atoms with Crippen molar-refractivity contribution in [3.63, 3.8) is 0 Å². The third-order valence-electron chi connectivity index (χ3n) is 3.38. The fourth-order valence-corrected chi connectivity index (χ4v) is 4.04. The van der Waals surface area contributed by atoms with Crippen molar-refractivity contribution in [2.24, 2.45) is 0 Å². The molecule has 0 amide bonds. The Balaban J connectivity index is 2.57. The van der Waals surface area contributed by atoms with Crippen LogP contribution in [-0.2, 0) is 31.5 Å². The van der Waals surface area contributed by atoms with Gasteiger partial charge in [0.25, 0.3) is 20.2 Å².